The summed E-state index contributed by atoms with van der Waals surface area (Å²) in [5, 5.41) is 0. The van der Waals surface area contributed by atoms with Gasteiger partial charge in [0.15, 0.2) is 17.5 Å². The molecular weight excluding hydrogens is 602 g/mol. The number of alkyl halides is 4. The number of carbonyl (C=O) groups is 1. The molecule has 0 saturated heterocycles. The van der Waals surface area contributed by atoms with Gasteiger partial charge in [-0.15, -0.1) is 6.58 Å². The van der Waals surface area contributed by atoms with E-state index < -0.39 is 87.4 Å². The summed E-state index contributed by atoms with van der Waals surface area (Å²) in [6.07, 6.45) is -5.58. The minimum Gasteiger partial charge on any atom is -0.432 e. The summed E-state index contributed by atoms with van der Waals surface area (Å²) in [4.78, 5) is 12.1. The first-order chi connectivity index (χ1) is 20.1. The second-order valence-corrected chi connectivity index (χ2v) is 9.62. The Labute approximate surface area is 237 Å². The number of hydrogen-bond donors (Lipinski definition) is 0. The number of rotatable bonds is 9. The van der Waals surface area contributed by atoms with Crippen LogP contribution in [0.25, 0.3) is 0 Å². The lowest BCUT2D eigenvalue weighted by Crippen LogP contribution is -2.37. The highest BCUT2D eigenvalue weighted by atomic mass is 19.3. The molecule has 1 aliphatic rings. The Balaban J connectivity index is 1.47. The van der Waals surface area contributed by atoms with Crippen molar-refractivity contribution in [2.45, 2.75) is 37.9 Å². The average Bonchev–Trinajstić information content (AvgIpc) is 2.90. The van der Waals surface area contributed by atoms with Gasteiger partial charge in [-0.3, -0.25) is 0 Å². The standard InChI is InChI=1S/C29H20F10O4/c1-2-14-3-5-15(6-4-14)28(36,37)42-16-7-8-19(20(30)9-16)29(38,39)43-18-12-21(31)25(22(32)13-18)27(40)41-17-10-23(33)26(35)24(34)11-17/h2,7-15H,1,3-6H2. The smallest absolute Gasteiger partial charge is 0.429 e. The molecule has 14 heteroatoms. The minimum atomic E-state index is -4.61. The SMILES string of the molecule is C=CC1CCC(C(F)(F)Oc2ccc(C(F)(F)Oc3cc(F)c(C(=O)Oc4cc(F)c(F)c(F)c4)c(F)c3)c(F)c2)CC1. The van der Waals surface area contributed by atoms with Gasteiger partial charge in [0.05, 0.1) is 5.92 Å². The van der Waals surface area contributed by atoms with Crippen LogP contribution in [0.3, 0.4) is 0 Å². The second-order valence-electron chi connectivity index (χ2n) is 9.62. The Bertz CT molecular complexity index is 1490. The van der Waals surface area contributed by atoms with Crippen LogP contribution < -0.4 is 14.2 Å². The van der Waals surface area contributed by atoms with Crippen LogP contribution in [0.2, 0.25) is 0 Å². The van der Waals surface area contributed by atoms with Gasteiger partial charge in [-0.05, 0) is 43.7 Å². The number of ether oxygens (including phenoxy) is 3. The maximum atomic E-state index is 14.8. The zero-order valence-electron chi connectivity index (χ0n) is 21.7. The molecule has 3 aromatic carbocycles. The summed E-state index contributed by atoms with van der Waals surface area (Å²) in [6, 6.07) is 1.94. The number of benzene rings is 3. The summed E-state index contributed by atoms with van der Waals surface area (Å²) in [6.45, 7) is 3.63. The highest BCUT2D eigenvalue weighted by molar-refractivity contribution is 5.91. The van der Waals surface area contributed by atoms with Gasteiger partial charge in [0.25, 0.3) is 0 Å². The van der Waals surface area contributed by atoms with Crippen molar-refractivity contribution >= 4 is 5.97 Å². The maximum Gasteiger partial charge on any atom is 0.429 e. The lowest BCUT2D eigenvalue weighted by molar-refractivity contribution is -0.223. The topological polar surface area (TPSA) is 44.8 Å². The van der Waals surface area contributed by atoms with E-state index in [4.69, 9.17) is 0 Å². The average molecular weight is 622 g/mol. The molecule has 0 amide bonds. The van der Waals surface area contributed by atoms with Gasteiger partial charge >= 0.3 is 18.2 Å². The zero-order chi connectivity index (χ0) is 31.7. The van der Waals surface area contributed by atoms with Crippen molar-refractivity contribution in [2.24, 2.45) is 11.8 Å². The maximum absolute atomic E-state index is 14.8. The van der Waals surface area contributed by atoms with Gasteiger partial charge in [-0.1, -0.05) is 6.08 Å². The third-order valence-corrected chi connectivity index (χ3v) is 6.72. The van der Waals surface area contributed by atoms with Gasteiger partial charge < -0.3 is 14.2 Å². The van der Waals surface area contributed by atoms with Crippen LogP contribution in [0.1, 0.15) is 41.6 Å². The normalized spacial score (nSPS) is 17.3. The highest BCUT2D eigenvalue weighted by Crippen LogP contribution is 2.41. The van der Waals surface area contributed by atoms with E-state index in [1.807, 2.05) is 0 Å². The van der Waals surface area contributed by atoms with Gasteiger partial charge in [-0.25, -0.2) is 31.1 Å². The van der Waals surface area contributed by atoms with Gasteiger partial charge in [0.2, 0.25) is 0 Å². The molecule has 1 aliphatic carbocycles. The summed E-state index contributed by atoms with van der Waals surface area (Å²) in [5.74, 6) is -16.8. The highest BCUT2D eigenvalue weighted by Gasteiger charge is 2.44. The van der Waals surface area contributed by atoms with E-state index in [-0.39, 0.29) is 49.1 Å². The Hall–Kier alpha value is -4.23. The van der Waals surface area contributed by atoms with E-state index in [0.29, 0.717) is 25.0 Å². The van der Waals surface area contributed by atoms with Crippen molar-refractivity contribution in [3.63, 3.8) is 0 Å². The van der Waals surface area contributed by atoms with Crippen molar-refractivity contribution in [1.29, 1.82) is 0 Å². The first-order valence-corrected chi connectivity index (χ1v) is 12.5. The predicted octanol–water partition coefficient (Wildman–Crippen LogP) is 8.83. The van der Waals surface area contributed by atoms with Crippen LogP contribution in [0, 0.1) is 46.7 Å². The first-order valence-electron chi connectivity index (χ1n) is 12.5. The lowest BCUT2D eigenvalue weighted by atomic mass is 9.81. The molecule has 0 radical (unpaired) electrons. The fraction of sp³-hybridized carbons (Fsp3) is 0.276. The zero-order valence-corrected chi connectivity index (χ0v) is 21.7. The van der Waals surface area contributed by atoms with Crippen LogP contribution in [0.5, 0.6) is 17.2 Å². The Morgan fingerprint density at radius 3 is 1.79 bits per heavy atom. The van der Waals surface area contributed by atoms with E-state index in [0.717, 1.165) is 0 Å². The molecule has 0 atom stereocenters. The van der Waals surface area contributed by atoms with Crippen LogP contribution in [0.4, 0.5) is 43.9 Å². The van der Waals surface area contributed by atoms with Crippen molar-refractivity contribution in [1.82, 2.24) is 0 Å². The molecule has 1 saturated carbocycles. The molecule has 0 spiro atoms. The molecule has 4 nitrogen and oxygen atoms in total. The molecule has 0 heterocycles. The molecule has 0 N–H and O–H groups in total. The Kier molecular flexibility index (Phi) is 8.97. The number of halogens is 10. The Morgan fingerprint density at radius 2 is 1.26 bits per heavy atom. The molecule has 4 rings (SSSR count). The molecule has 0 aliphatic heterocycles. The molecule has 0 bridgehead atoms. The lowest BCUT2D eigenvalue weighted by Gasteiger charge is -2.32. The van der Waals surface area contributed by atoms with Crippen LogP contribution in [0.15, 0.2) is 55.1 Å². The van der Waals surface area contributed by atoms with E-state index >= 15 is 0 Å². The number of carbonyl (C=O) groups excluding carboxylic acids is 1. The Morgan fingerprint density at radius 1 is 0.721 bits per heavy atom. The molecule has 43 heavy (non-hydrogen) atoms. The number of esters is 1. The van der Waals surface area contributed by atoms with E-state index in [9.17, 15) is 48.7 Å². The molecule has 1 fully saturated rings. The van der Waals surface area contributed by atoms with Crippen LogP contribution in [-0.4, -0.2) is 12.1 Å². The predicted molar refractivity (Wildman–Crippen MR) is 130 cm³/mol. The fourth-order valence-corrected chi connectivity index (χ4v) is 4.48. The van der Waals surface area contributed by atoms with Crippen molar-refractivity contribution in [3.8, 4) is 17.2 Å². The van der Waals surface area contributed by atoms with Crippen molar-refractivity contribution < 1.29 is 62.9 Å². The quantitative estimate of drug-likeness (QED) is 0.0787. The van der Waals surface area contributed by atoms with Gasteiger partial charge in [-0.2, -0.15) is 17.6 Å². The third kappa shape index (κ3) is 7.05. The molecule has 3 aromatic rings. The van der Waals surface area contributed by atoms with Gasteiger partial charge in [0, 0.05) is 30.3 Å². The monoisotopic (exact) mass is 622 g/mol. The van der Waals surface area contributed by atoms with E-state index in [2.05, 4.69) is 20.8 Å². The van der Waals surface area contributed by atoms with Crippen LogP contribution >= 0.6 is 0 Å². The minimum absolute atomic E-state index is 0.0799. The summed E-state index contributed by atoms with van der Waals surface area (Å²) >= 11 is 0. The largest absolute Gasteiger partial charge is 0.432 e. The molecular formula is C29H20F10O4. The summed E-state index contributed by atoms with van der Waals surface area (Å²) in [5.41, 5.74) is -2.99. The van der Waals surface area contributed by atoms with E-state index in [1.165, 1.54) is 0 Å². The summed E-state index contributed by atoms with van der Waals surface area (Å²) < 4.78 is 155. The van der Waals surface area contributed by atoms with Crippen molar-refractivity contribution in [3.05, 3.63) is 101 Å². The second kappa shape index (κ2) is 12.2. The molecule has 230 valence electrons. The first kappa shape index (κ1) is 31.7. The molecule has 0 unspecified atom stereocenters. The summed E-state index contributed by atoms with van der Waals surface area (Å²) in [7, 11) is 0. The van der Waals surface area contributed by atoms with Crippen LogP contribution in [-0.2, 0) is 6.11 Å². The molecule has 0 aromatic heterocycles. The number of hydrogen-bond acceptors (Lipinski definition) is 4. The fourth-order valence-electron chi connectivity index (χ4n) is 4.48. The number of allylic oxidation sites excluding steroid dienone is 1. The van der Waals surface area contributed by atoms with E-state index in [1.54, 1.807) is 6.08 Å². The van der Waals surface area contributed by atoms with Crippen molar-refractivity contribution in [2.75, 3.05) is 0 Å². The third-order valence-electron chi connectivity index (χ3n) is 6.72. The van der Waals surface area contributed by atoms with Gasteiger partial charge in [0.1, 0.15) is 45.8 Å².